The molecule has 0 aliphatic heterocycles. The molecule has 0 saturated heterocycles. The van der Waals surface area contributed by atoms with Gasteiger partial charge in [-0.3, -0.25) is 0 Å². The lowest BCUT2D eigenvalue weighted by atomic mass is 10.4. The maximum atomic E-state index is 5.40. The predicted octanol–water partition coefficient (Wildman–Crippen LogP) is 2.32. The number of hydrazine groups is 1. The van der Waals surface area contributed by atoms with Crippen LogP contribution in [0.25, 0.3) is 0 Å². The van der Waals surface area contributed by atoms with Gasteiger partial charge in [0.25, 0.3) is 0 Å². The topological polar surface area (TPSA) is 81.6 Å². The highest BCUT2D eigenvalue weighted by Gasteiger charge is 2.36. The van der Waals surface area contributed by atoms with Crippen molar-refractivity contribution in [2.45, 2.75) is 47.8 Å². The number of hydrogen-bond donors (Lipinski definition) is 2. The summed E-state index contributed by atoms with van der Waals surface area (Å²) in [6.45, 7) is 0. The summed E-state index contributed by atoms with van der Waals surface area (Å²) in [6.07, 6.45) is 4.98. The van der Waals surface area contributed by atoms with Gasteiger partial charge in [-0.2, -0.15) is 0 Å². The summed E-state index contributed by atoms with van der Waals surface area (Å²) in [7, 11) is 0. The molecule has 0 spiro atoms. The molecule has 3 N–H and O–H groups in total. The van der Waals surface area contributed by atoms with E-state index in [4.69, 9.17) is 5.84 Å². The van der Waals surface area contributed by atoms with Crippen molar-refractivity contribution in [3.8, 4) is 0 Å². The third kappa shape index (κ3) is 2.27. The standard InChI is InChI=1S/C13H16N6S/c14-16-10-2-1-3-11(15-10)20-13-18-17-12(8-4-5-8)19(13)9-6-7-9/h1-3,8-9H,4-7,14H2,(H,15,16). The van der Waals surface area contributed by atoms with Gasteiger partial charge in [0.05, 0.1) is 0 Å². The van der Waals surface area contributed by atoms with E-state index in [9.17, 15) is 0 Å². The van der Waals surface area contributed by atoms with Gasteiger partial charge in [0.1, 0.15) is 16.7 Å². The fourth-order valence-corrected chi connectivity index (χ4v) is 3.20. The molecule has 0 unspecified atom stereocenters. The SMILES string of the molecule is NNc1cccc(Sc2nnc(C3CC3)n2C2CC2)n1. The van der Waals surface area contributed by atoms with Gasteiger partial charge >= 0.3 is 0 Å². The Bertz CT molecular complexity index is 632. The van der Waals surface area contributed by atoms with E-state index in [1.165, 1.54) is 31.5 Å². The highest BCUT2D eigenvalue weighted by Crippen LogP contribution is 2.46. The molecule has 2 heterocycles. The second-order valence-electron chi connectivity index (χ2n) is 5.32. The minimum Gasteiger partial charge on any atom is -0.308 e. The number of anilines is 1. The van der Waals surface area contributed by atoms with E-state index in [0.29, 0.717) is 17.8 Å². The van der Waals surface area contributed by atoms with E-state index in [1.807, 2.05) is 18.2 Å². The Labute approximate surface area is 121 Å². The summed E-state index contributed by atoms with van der Waals surface area (Å²) < 4.78 is 2.33. The van der Waals surface area contributed by atoms with Gasteiger partial charge in [0.15, 0.2) is 5.16 Å². The zero-order chi connectivity index (χ0) is 13.5. The van der Waals surface area contributed by atoms with E-state index in [0.717, 1.165) is 10.2 Å². The lowest BCUT2D eigenvalue weighted by Crippen LogP contribution is -2.08. The summed E-state index contributed by atoms with van der Waals surface area (Å²) in [4.78, 5) is 4.42. The minimum absolute atomic E-state index is 0.596. The number of pyridine rings is 1. The van der Waals surface area contributed by atoms with Crippen LogP contribution in [0.5, 0.6) is 0 Å². The Morgan fingerprint density at radius 2 is 2.05 bits per heavy atom. The van der Waals surface area contributed by atoms with E-state index in [2.05, 4.69) is 25.2 Å². The predicted molar refractivity (Wildman–Crippen MR) is 76.4 cm³/mol. The summed E-state index contributed by atoms with van der Waals surface area (Å²) in [6, 6.07) is 6.34. The Morgan fingerprint density at radius 3 is 2.75 bits per heavy atom. The zero-order valence-electron chi connectivity index (χ0n) is 11.0. The van der Waals surface area contributed by atoms with E-state index in [1.54, 1.807) is 11.8 Å². The van der Waals surface area contributed by atoms with Crippen LogP contribution >= 0.6 is 11.8 Å². The number of nitrogens with one attached hydrogen (secondary N) is 1. The molecule has 2 aliphatic carbocycles. The minimum atomic E-state index is 0.596. The lowest BCUT2D eigenvalue weighted by molar-refractivity contribution is 0.626. The second kappa shape index (κ2) is 4.75. The first-order valence-electron chi connectivity index (χ1n) is 6.91. The molecule has 2 saturated carbocycles. The molecule has 7 heteroatoms. The molecule has 0 aromatic carbocycles. The van der Waals surface area contributed by atoms with E-state index >= 15 is 0 Å². The van der Waals surface area contributed by atoms with Crippen LogP contribution in [-0.4, -0.2) is 19.7 Å². The van der Waals surface area contributed by atoms with Crippen molar-refractivity contribution in [1.82, 2.24) is 19.7 Å². The number of nitrogens with zero attached hydrogens (tertiary/aromatic N) is 4. The fraction of sp³-hybridized carbons (Fsp3) is 0.462. The van der Waals surface area contributed by atoms with Crippen LogP contribution in [0, 0.1) is 0 Å². The molecule has 20 heavy (non-hydrogen) atoms. The fourth-order valence-electron chi connectivity index (χ4n) is 2.30. The highest BCUT2D eigenvalue weighted by atomic mass is 32.2. The van der Waals surface area contributed by atoms with Crippen molar-refractivity contribution < 1.29 is 0 Å². The van der Waals surface area contributed by atoms with Gasteiger partial charge < -0.3 is 9.99 Å². The average molecular weight is 288 g/mol. The lowest BCUT2D eigenvalue weighted by Gasteiger charge is -2.08. The largest absolute Gasteiger partial charge is 0.308 e. The Balaban J connectivity index is 1.64. The average Bonchev–Trinajstić information content (AvgIpc) is 3.38. The third-order valence-corrected chi connectivity index (χ3v) is 4.51. The van der Waals surface area contributed by atoms with Gasteiger partial charge in [-0.05, 0) is 49.6 Å². The van der Waals surface area contributed by atoms with Crippen LogP contribution in [0.1, 0.15) is 43.5 Å². The molecular weight excluding hydrogens is 272 g/mol. The third-order valence-electron chi connectivity index (χ3n) is 3.61. The van der Waals surface area contributed by atoms with E-state index in [-0.39, 0.29) is 0 Å². The van der Waals surface area contributed by atoms with Crippen LogP contribution in [0.4, 0.5) is 5.82 Å². The van der Waals surface area contributed by atoms with Crippen LogP contribution in [0.15, 0.2) is 28.4 Å². The quantitative estimate of drug-likeness (QED) is 0.649. The molecule has 104 valence electrons. The van der Waals surface area contributed by atoms with Crippen molar-refractivity contribution in [2.75, 3.05) is 5.43 Å². The molecule has 2 fully saturated rings. The van der Waals surface area contributed by atoms with Crippen molar-refractivity contribution >= 4 is 17.6 Å². The number of hydrogen-bond acceptors (Lipinski definition) is 6. The molecule has 0 bridgehead atoms. The Hall–Kier alpha value is -1.60. The first kappa shape index (κ1) is 12.2. The Morgan fingerprint density at radius 1 is 1.20 bits per heavy atom. The molecule has 0 radical (unpaired) electrons. The molecule has 2 aromatic heterocycles. The smallest absolute Gasteiger partial charge is 0.197 e. The maximum Gasteiger partial charge on any atom is 0.197 e. The number of rotatable bonds is 5. The first-order valence-corrected chi connectivity index (χ1v) is 7.73. The van der Waals surface area contributed by atoms with Gasteiger partial charge in [-0.15, -0.1) is 10.2 Å². The zero-order valence-corrected chi connectivity index (χ0v) is 11.8. The normalized spacial score (nSPS) is 18.2. The highest BCUT2D eigenvalue weighted by molar-refractivity contribution is 7.99. The number of aromatic nitrogens is 4. The Kier molecular flexibility index (Phi) is 2.89. The van der Waals surface area contributed by atoms with Gasteiger partial charge in [-0.25, -0.2) is 10.8 Å². The second-order valence-corrected chi connectivity index (χ2v) is 6.31. The first-order chi connectivity index (χ1) is 9.85. The molecule has 4 rings (SSSR count). The van der Waals surface area contributed by atoms with Gasteiger partial charge in [0.2, 0.25) is 0 Å². The number of nitrogen functional groups attached to an aromatic ring is 1. The molecule has 0 amide bonds. The summed E-state index contributed by atoms with van der Waals surface area (Å²) >= 11 is 1.56. The van der Waals surface area contributed by atoms with Crippen molar-refractivity contribution in [3.63, 3.8) is 0 Å². The monoisotopic (exact) mass is 288 g/mol. The molecule has 2 aromatic rings. The maximum absolute atomic E-state index is 5.40. The van der Waals surface area contributed by atoms with Crippen molar-refractivity contribution in [2.24, 2.45) is 5.84 Å². The van der Waals surface area contributed by atoms with Gasteiger partial charge in [-0.1, -0.05) is 6.07 Å². The van der Waals surface area contributed by atoms with Crippen LogP contribution in [0.3, 0.4) is 0 Å². The van der Waals surface area contributed by atoms with Crippen LogP contribution in [0.2, 0.25) is 0 Å². The van der Waals surface area contributed by atoms with Crippen LogP contribution in [-0.2, 0) is 0 Å². The molecule has 0 atom stereocenters. The molecule has 6 nitrogen and oxygen atoms in total. The van der Waals surface area contributed by atoms with E-state index < -0.39 is 0 Å². The molecular formula is C13H16N6S. The van der Waals surface area contributed by atoms with Crippen molar-refractivity contribution in [3.05, 3.63) is 24.0 Å². The molecule has 2 aliphatic rings. The van der Waals surface area contributed by atoms with Crippen molar-refractivity contribution in [1.29, 1.82) is 0 Å². The van der Waals surface area contributed by atoms with Crippen LogP contribution < -0.4 is 11.3 Å². The summed E-state index contributed by atoms with van der Waals surface area (Å²) in [5, 5.41) is 10.6. The summed E-state index contributed by atoms with van der Waals surface area (Å²) in [5.74, 6) is 7.86. The number of nitrogens with two attached hydrogens (primary N) is 1. The summed E-state index contributed by atoms with van der Waals surface area (Å²) in [5.41, 5.74) is 2.57. The van der Waals surface area contributed by atoms with Gasteiger partial charge in [0, 0.05) is 12.0 Å².